The molecule has 0 saturated carbocycles. The van der Waals surface area contributed by atoms with Crippen molar-refractivity contribution in [2.45, 2.75) is 50.9 Å². The summed E-state index contributed by atoms with van der Waals surface area (Å²) in [5, 5.41) is 3.09. The maximum Gasteiger partial charge on any atom is 0.258 e. The third kappa shape index (κ3) is 4.32. The van der Waals surface area contributed by atoms with Gasteiger partial charge in [-0.05, 0) is 56.0 Å². The van der Waals surface area contributed by atoms with Crippen molar-refractivity contribution in [3.8, 4) is 5.75 Å². The Morgan fingerprint density at radius 1 is 1.17 bits per heavy atom. The number of rotatable bonds is 6. The SMILES string of the molecule is COc1ccc(CN2CCC(NC(=O)CN3C(=O)c4ccccc4N4C(=O)CCC34C)CC2)cc1F. The molecule has 3 heterocycles. The molecule has 0 bridgehead atoms. The van der Waals surface area contributed by atoms with Gasteiger partial charge in [0.25, 0.3) is 5.91 Å². The van der Waals surface area contributed by atoms with E-state index in [0.29, 0.717) is 30.6 Å². The number of fused-ring (bicyclic) bond motifs is 3. The molecule has 8 nitrogen and oxygen atoms in total. The Labute approximate surface area is 210 Å². The number of hydrogen-bond donors (Lipinski definition) is 1. The number of benzene rings is 2. The molecule has 0 aliphatic carbocycles. The normalized spacial score (nSPS) is 22.4. The van der Waals surface area contributed by atoms with Gasteiger partial charge in [0, 0.05) is 32.1 Å². The number of piperidine rings is 1. The van der Waals surface area contributed by atoms with Crippen LogP contribution in [0.3, 0.4) is 0 Å². The average Bonchev–Trinajstić information content (AvgIpc) is 3.18. The van der Waals surface area contributed by atoms with Crippen molar-refractivity contribution in [2.75, 3.05) is 31.6 Å². The molecule has 0 aromatic heterocycles. The number of carbonyl (C=O) groups is 3. The first kappa shape index (κ1) is 24.2. The summed E-state index contributed by atoms with van der Waals surface area (Å²) in [5.41, 5.74) is 1.09. The van der Waals surface area contributed by atoms with E-state index >= 15 is 0 Å². The Hall–Kier alpha value is -3.46. The largest absolute Gasteiger partial charge is 0.494 e. The quantitative estimate of drug-likeness (QED) is 0.668. The zero-order valence-electron chi connectivity index (χ0n) is 20.6. The number of anilines is 1. The van der Waals surface area contributed by atoms with Gasteiger partial charge >= 0.3 is 0 Å². The van der Waals surface area contributed by atoms with Crippen LogP contribution in [0.4, 0.5) is 10.1 Å². The topological polar surface area (TPSA) is 82.2 Å². The van der Waals surface area contributed by atoms with E-state index in [1.54, 1.807) is 34.1 Å². The van der Waals surface area contributed by atoms with E-state index < -0.39 is 5.66 Å². The van der Waals surface area contributed by atoms with Crippen molar-refractivity contribution in [1.29, 1.82) is 0 Å². The molecule has 3 aliphatic heterocycles. The van der Waals surface area contributed by atoms with Crippen LogP contribution in [0, 0.1) is 5.82 Å². The number of halogens is 1. The van der Waals surface area contributed by atoms with Gasteiger partial charge in [0.2, 0.25) is 11.8 Å². The molecule has 0 spiro atoms. The number of ether oxygens (including phenoxy) is 1. The van der Waals surface area contributed by atoms with E-state index in [2.05, 4.69) is 10.2 Å². The van der Waals surface area contributed by atoms with E-state index in [9.17, 15) is 18.8 Å². The maximum atomic E-state index is 14.0. The first-order chi connectivity index (χ1) is 17.3. The summed E-state index contributed by atoms with van der Waals surface area (Å²) in [6.45, 7) is 3.94. The zero-order chi connectivity index (χ0) is 25.4. The molecule has 5 rings (SSSR count). The fraction of sp³-hybridized carbons (Fsp3) is 0.444. The summed E-state index contributed by atoms with van der Waals surface area (Å²) in [6.07, 6.45) is 2.36. The lowest BCUT2D eigenvalue weighted by molar-refractivity contribution is -0.124. The highest BCUT2D eigenvalue weighted by molar-refractivity contribution is 6.11. The fourth-order valence-electron chi connectivity index (χ4n) is 5.66. The molecular weight excluding hydrogens is 463 g/mol. The van der Waals surface area contributed by atoms with Gasteiger partial charge in [0.15, 0.2) is 11.6 Å². The van der Waals surface area contributed by atoms with Crippen LogP contribution in [0.1, 0.15) is 48.5 Å². The highest BCUT2D eigenvalue weighted by Crippen LogP contribution is 2.43. The first-order valence-electron chi connectivity index (χ1n) is 12.4. The third-order valence-electron chi connectivity index (χ3n) is 7.62. The lowest BCUT2D eigenvalue weighted by atomic mass is 9.98. The van der Waals surface area contributed by atoms with Crippen molar-refractivity contribution in [2.24, 2.45) is 0 Å². The van der Waals surface area contributed by atoms with Gasteiger partial charge in [-0.1, -0.05) is 18.2 Å². The molecule has 1 N–H and O–H groups in total. The van der Waals surface area contributed by atoms with Crippen LogP contribution < -0.4 is 15.0 Å². The van der Waals surface area contributed by atoms with Gasteiger partial charge in [-0.25, -0.2) is 4.39 Å². The summed E-state index contributed by atoms with van der Waals surface area (Å²) in [5.74, 6) is -0.625. The predicted octanol–water partition coefficient (Wildman–Crippen LogP) is 2.91. The van der Waals surface area contributed by atoms with Gasteiger partial charge in [0.05, 0.1) is 18.4 Å². The van der Waals surface area contributed by atoms with Crippen molar-refractivity contribution in [3.63, 3.8) is 0 Å². The number of nitrogens with one attached hydrogen (secondary N) is 1. The van der Waals surface area contributed by atoms with Crippen molar-refractivity contribution in [1.82, 2.24) is 15.1 Å². The molecular formula is C27H31FN4O4. The molecule has 9 heteroatoms. The van der Waals surface area contributed by atoms with E-state index in [4.69, 9.17) is 4.74 Å². The monoisotopic (exact) mass is 494 g/mol. The Bertz CT molecular complexity index is 1200. The molecule has 2 fully saturated rings. The van der Waals surface area contributed by atoms with Gasteiger partial charge in [-0.3, -0.25) is 24.2 Å². The number of carbonyl (C=O) groups excluding carboxylic acids is 3. The molecule has 1 unspecified atom stereocenters. The Balaban J connectivity index is 1.19. The van der Waals surface area contributed by atoms with Crippen LogP contribution in [0.2, 0.25) is 0 Å². The molecule has 36 heavy (non-hydrogen) atoms. The maximum absolute atomic E-state index is 14.0. The van der Waals surface area contributed by atoms with Crippen LogP contribution in [0.25, 0.3) is 0 Å². The highest BCUT2D eigenvalue weighted by Gasteiger charge is 2.53. The molecule has 2 aromatic rings. The third-order valence-corrected chi connectivity index (χ3v) is 7.62. The van der Waals surface area contributed by atoms with Crippen LogP contribution in [0.15, 0.2) is 42.5 Å². The molecule has 3 aliphatic rings. The van der Waals surface area contributed by atoms with E-state index in [1.807, 2.05) is 19.1 Å². The van der Waals surface area contributed by atoms with E-state index in [-0.39, 0.29) is 41.9 Å². The summed E-state index contributed by atoms with van der Waals surface area (Å²) in [6, 6.07) is 12.1. The van der Waals surface area contributed by atoms with E-state index in [0.717, 1.165) is 31.5 Å². The smallest absolute Gasteiger partial charge is 0.258 e. The van der Waals surface area contributed by atoms with Gasteiger partial charge in [-0.2, -0.15) is 0 Å². The minimum Gasteiger partial charge on any atom is -0.494 e. The second kappa shape index (κ2) is 9.54. The van der Waals surface area contributed by atoms with Crippen LogP contribution in [-0.4, -0.2) is 66.0 Å². The lowest BCUT2D eigenvalue weighted by Crippen LogP contribution is -2.64. The number of hydrogen-bond acceptors (Lipinski definition) is 5. The standard InChI is InChI=1S/C27H31FN4O4/c1-27-12-9-25(34)32(27)22-6-4-3-5-20(22)26(35)31(27)17-24(33)29-19-10-13-30(14-11-19)16-18-7-8-23(36-2)21(28)15-18/h3-8,15,19H,9-14,16-17H2,1-2H3,(H,29,33). The predicted molar refractivity (Wildman–Crippen MR) is 132 cm³/mol. The van der Waals surface area contributed by atoms with Crippen LogP contribution >= 0.6 is 0 Å². The minimum absolute atomic E-state index is 0.00246. The second-order valence-electron chi connectivity index (χ2n) is 9.94. The number of nitrogens with zero attached hydrogens (tertiary/aromatic N) is 3. The van der Waals surface area contributed by atoms with Crippen LogP contribution in [0.5, 0.6) is 5.75 Å². The molecule has 2 saturated heterocycles. The van der Waals surface area contributed by atoms with Gasteiger partial charge in [0.1, 0.15) is 12.2 Å². The minimum atomic E-state index is -0.850. The highest BCUT2D eigenvalue weighted by atomic mass is 19.1. The second-order valence-corrected chi connectivity index (χ2v) is 9.94. The van der Waals surface area contributed by atoms with Crippen molar-refractivity contribution >= 4 is 23.4 Å². The molecule has 190 valence electrons. The van der Waals surface area contributed by atoms with Crippen LogP contribution in [-0.2, 0) is 16.1 Å². The molecule has 0 radical (unpaired) electrons. The number of likely N-dealkylation sites (tertiary alicyclic amines) is 1. The molecule has 1 atom stereocenters. The average molecular weight is 495 g/mol. The fourth-order valence-corrected chi connectivity index (χ4v) is 5.66. The van der Waals surface area contributed by atoms with Crippen molar-refractivity contribution in [3.05, 3.63) is 59.4 Å². The lowest BCUT2D eigenvalue weighted by Gasteiger charge is -2.48. The Morgan fingerprint density at radius 3 is 2.64 bits per heavy atom. The van der Waals surface area contributed by atoms with E-state index in [1.165, 1.54) is 13.2 Å². The summed E-state index contributed by atoms with van der Waals surface area (Å²) in [4.78, 5) is 44.5. The number of amides is 3. The summed E-state index contributed by atoms with van der Waals surface area (Å²) in [7, 11) is 1.45. The molecule has 2 aromatic carbocycles. The zero-order valence-corrected chi connectivity index (χ0v) is 20.6. The Morgan fingerprint density at radius 2 is 1.92 bits per heavy atom. The number of methoxy groups -OCH3 is 1. The van der Waals surface area contributed by atoms with Crippen molar-refractivity contribution < 1.29 is 23.5 Å². The molecule has 3 amide bonds. The Kier molecular flexibility index (Phi) is 6.42. The summed E-state index contributed by atoms with van der Waals surface area (Å²) >= 11 is 0. The van der Waals surface area contributed by atoms with Gasteiger partial charge in [-0.15, -0.1) is 0 Å². The number of para-hydroxylation sites is 1. The van der Waals surface area contributed by atoms with Gasteiger partial charge < -0.3 is 15.0 Å². The first-order valence-corrected chi connectivity index (χ1v) is 12.4. The summed E-state index contributed by atoms with van der Waals surface area (Å²) < 4.78 is 19.0.